The molecule has 5 nitrogen and oxygen atoms in total. The number of rotatable bonds is 4. The number of aromatic hydroxyl groups is 1. The van der Waals surface area contributed by atoms with Crippen LogP contribution in [0.5, 0.6) is 11.5 Å². The van der Waals surface area contributed by atoms with Crippen LogP contribution in [0.1, 0.15) is 11.1 Å². The van der Waals surface area contributed by atoms with Crippen LogP contribution in [-0.4, -0.2) is 23.4 Å². The molecule has 0 unspecified atom stereocenters. The van der Waals surface area contributed by atoms with Crippen molar-refractivity contribution in [2.75, 3.05) is 7.11 Å². The van der Waals surface area contributed by atoms with Gasteiger partial charge in [-0.15, -0.1) is 0 Å². The Labute approximate surface area is 156 Å². The summed E-state index contributed by atoms with van der Waals surface area (Å²) < 4.78 is 11.0. The minimum atomic E-state index is 0.0613. The van der Waals surface area contributed by atoms with Crippen LogP contribution in [0.2, 0.25) is 0 Å². The number of methoxy groups -OCH3 is 1. The predicted molar refractivity (Wildman–Crippen MR) is 106 cm³/mol. The highest BCUT2D eigenvalue weighted by Gasteiger charge is 2.09. The van der Waals surface area contributed by atoms with E-state index in [2.05, 4.69) is 9.98 Å². The number of para-hydroxylation sites is 1. The Kier molecular flexibility index (Phi) is 4.34. The van der Waals surface area contributed by atoms with Crippen LogP contribution in [0.15, 0.2) is 70.1 Å². The topological polar surface area (TPSA) is 67.9 Å². The molecular weight excluding hydrogens is 340 g/mol. The van der Waals surface area contributed by atoms with Gasteiger partial charge in [-0.25, -0.2) is 4.98 Å². The highest BCUT2D eigenvalue weighted by atomic mass is 16.5. The van der Waals surface area contributed by atoms with Crippen molar-refractivity contribution in [2.24, 2.45) is 4.99 Å². The number of hydrogen-bond donors (Lipinski definition) is 1. The van der Waals surface area contributed by atoms with Crippen molar-refractivity contribution < 1.29 is 14.3 Å². The van der Waals surface area contributed by atoms with Crippen LogP contribution in [0.25, 0.3) is 22.6 Å². The van der Waals surface area contributed by atoms with Gasteiger partial charge in [0.1, 0.15) is 5.52 Å². The second-order valence-electron chi connectivity index (χ2n) is 6.20. The summed E-state index contributed by atoms with van der Waals surface area (Å²) in [5.41, 5.74) is 4.81. The van der Waals surface area contributed by atoms with Gasteiger partial charge in [-0.3, -0.25) is 4.99 Å². The van der Waals surface area contributed by atoms with Crippen molar-refractivity contribution in [1.82, 2.24) is 4.98 Å². The van der Waals surface area contributed by atoms with E-state index < -0.39 is 0 Å². The minimum Gasteiger partial charge on any atom is -0.504 e. The van der Waals surface area contributed by atoms with E-state index in [1.807, 2.05) is 49.4 Å². The largest absolute Gasteiger partial charge is 0.504 e. The van der Waals surface area contributed by atoms with E-state index >= 15 is 0 Å². The van der Waals surface area contributed by atoms with Crippen molar-refractivity contribution in [3.8, 4) is 23.0 Å². The van der Waals surface area contributed by atoms with Gasteiger partial charge in [0.15, 0.2) is 17.1 Å². The molecule has 4 rings (SSSR count). The Hall–Kier alpha value is -3.60. The van der Waals surface area contributed by atoms with E-state index in [9.17, 15) is 5.11 Å². The lowest BCUT2D eigenvalue weighted by Crippen LogP contribution is -1.88. The Morgan fingerprint density at radius 1 is 1.07 bits per heavy atom. The maximum absolute atomic E-state index is 10.1. The van der Waals surface area contributed by atoms with Crippen molar-refractivity contribution in [3.63, 3.8) is 0 Å². The number of fused-ring (bicyclic) bond motifs is 1. The van der Waals surface area contributed by atoms with Crippen LogP contribution in [0.4, 0.5) is 5.69 Å². The van der Waals surface area contributed by atoms with E-state index in [4.69, 9.17) is 9.15 Å². The average molecular weight is 358 g/mol. The number of phenols is 1. The van der Waals surface area contributed by atoms with Crippen molar-refractivity contribution in [3.05, 3.63) is 71.8 Å². The monoisotopic (exact) mass is 358 g/mol. The smallest absolute Gasteiger partial charge is 0.227 e. The van der Waals surface area contributed by atoms with Crippen LogP contribution in [0, 0.1) is 6.92 Å². The molecule has 0 aliphatic rings. The Morgan fingerprint density at radius 3 is 2.74 bits per heavy atom. The molecule has 0 saturated carbocycles. The molecule has 0 fully saturated rings. The third-order valence-corrected chi connectivity index (χ3v) is 4.24. The second kappa shape index (κ2) is 6.96. The van der Waals surface area contributed by atoms with Gasteiger partial charge in [0, 0.05) is 23.4 Å². The Morgan fingerprint density at radius 2 is 1.93 bits per heavy atom. The summed E-state index contributed by atoms with van der Waals surface area (Å²) in [6.07, 6.45) is 1.59. The maximum atomic E-state index is 10.1. The zero-order chi connectivity index (χ0) is 18.8. The number of aliphatic imine (C=N–C) groups is 1. The maximum Gasteiger partial charge on any atom is 0.227 e. The van der Waals surface area contributed by atoms with Gasteiger partial charge in [0.25, 0.3) is 0 Å². The lowest BCUT2D eigenvalue weighted by Gasteiger charge is -2.04. The molecule has 134 valence electrons. The first-order valence-corrected chi connectivity index (χ1v) is 8.52. The molecule has 27 heavy (non-hydrogen) atoms. The molecule has 0 amide bonds. The Bertz CT molecular complexity index is 1150. The first-order chi connectivity index (χ1) is 13.1. The SMILES string of the molecule is COc1cccc(C=Nc2ccc3nc(-c4cccc(C)c4)oc3c2)c1O. The molecule has 5 heteroatoms. The minimum absolute atomic E-state index is 0.0613. The lowest BCUT2D eigenvalue weighted by atomic mass is 10.1. The first kappa shape index (κ1) is 16.8. The number of ether oxygens (including phenoxy) is 1. The number of hydrogen-bond acceptors (Lipinski definition) is 5. The van der Waals surface area contributed by atoms with E-state index in [1.165, 1.54) is 7.11 Å². The second-order valence-corrected chi connectivity index (χ2v) is 6.20. The van der Waals surface area contributed by atoms with Crippen molar-refractivity contribution in [2.45, 2.75) is 6.92 Å². The van der Waals surface area contributed by atoms with E-state index in [0.717, 1.165) is 16.6 Å². The molecule has 1 aromatic heterocycles. The Balaban J connectivity index is 1.66. The quantitative estimate of drug-likeness (QED) is 0.505. The highest BCUT2D eigenvalue weighted by molar-refractivity contribution is 5.88. The van der Waals surface area contributed by atoms with Gasteiger partial charge in [-0.1, -0.05) is 23.8 Å². The predicted octanol–water partition coefficient (Wildman–Crippen LogP) is 5.27. The summed E-state index contributed by atoms with van der Waals surface area (Å²) in [6.45, 7) is 2.03. The van der Waals surface area contributed by atoms with Crippen LogP contribution in [-0.2, 0) is 0 Å². The normalized spacial score (nSPS) is 11.3. The number of aromatic nitrogens is 1. The third kappa shape index (κ3) is 3.40. The molecule has 0 atom stereocenters. The van der Waals surface area contributed by atoms with Gasteiger partial charge in [-0.05, 0) is 43.3 Å². The fourth-order valence-corrected chi connectivity index (χ4v) is 2.85. The summed E-state index contributed by atoms with van der Waals surface area (Å²) in [7, 11) is 1.51. The van der Waals surface area contributed by atoms with E-state index in [-0.39, 0.29) is 5.75 Å². The number of aryl methyl sites for hydroxylation is 1. The zero-order valence-electron chi connectivity index (χ0n) is 15.0. The number of nitrogens with zero attached hydrogens (tertiary/aromatic N) is 2. The lowest BCUT2D eigenvalue weighted by molar-refractivity contribution is 0.373. The molecule has 0 aliphatic carbocycles. The number of oxazole rings is 1. The van der Waals surface area contributed by atoms with Crippen LogP contribution >= 0.6 is 0 Å². The number of benzene rings is 3. The molecule has 4 aromatic rings. The standard InChI is InChI=1S/C22H18N2O3/c1-14-5-3-6-15(11-14)22-24-18-10-9-17(12-20(18)27-22)23-13-16-7-4-8-19(26-2)21(16)25/h3-13,25H,1-2H3. The van der Waals surface area contributed by atoms with Crippen molar-refractivity contribution >= 4 is 23.0 Å². The summed E-state index contributed by atoms with van der Waals surface area (Å²) >= 11 is 0. The molecule has 0 bridgehead atoms. The molecule has 0 spiro atoms. The summed E-state index contributed by atoms with van der Waals surface area (Å²) in [5.74, 6) is 1.05. The van der Waals surface area contributed by atoms with Gasteiger partial charge in [-0.2, -0.15) is 0 Å². The summed E-state index contributed by atoms with van der Waals surface area (Å²) in [6, 6.07) is 18.8. The molecule has 0 radical (unpaired) electrons. The third-order valence-electron chi connectivity index (χ3n) is 4.24. The summed E-state index contributed by atoms with van der Waals surface area (Å²) in [5, 5.41) is 10.1. The fraction of sp³-hybridized carbons (Fsp3) is 0.0909. The summed E-state index contributed by atoms with van der Waals surface area (Å²) in [4.78, 5) is 8.98. The molecule has 1 N–H and O–H groups in total. The molecule has 0 aliphatic heterocycles. The van der Waals surface area contributed by atoms with Gasteiger partial charge in [0.2, 0.25) is 5.89 Å². The number of phenolic OH excluding ortho intramolecular Hbond substituents is 1. The fourth-order valence-electron chi connectivity index (χ4n) is 2.85. The molecular formula is C22H18N2O3. The van der Waals surface area contributed by atoms with Gasteiger partial charge >= 0.3 is 0 Å². The van der Waals surface area contributed by atoms with Crippen LogP contribution in [0.3, 0.4) is 0 Å². The van der Waals surface area contributed by atoms with Gasteiger partial charge < -0.3 is 14.3 Å². The molecule has 0 saturated heterocycles. The van der Waals surface area contributed by atoms with E-state index in [0.29, 0.717) is 28.5 Å². The van der Waals surface area contributed by atoms with Crippen LogP contribution < -0.4 is 4.74 Å². The first-order valence-electron chi connectivity index (χ1n) is 8.52. The van der Waals surface area contributed by atoms with Crippen molar-refractivity contribution in [1.29, 1.82) is 0 Å². The molecule has 1 heterocycles. The average Bonchev–Trinajstić information content (AvgIpc) is 3.10. The van der Waals surface area contributed by atoms with E-state index in [1.54, 1.807) is 24.4 Å². The molecule has 3 aromatic carbocycles. The van der Waals surface area contributed by atoms with Gasteiger partial charge in [0.05, 0.1) is 12.8 Å². The zero-order valence-corrected chi connectivity index (χ0v) is 15.0. The highest BCUT2D eigenvalue weighted by Crippen LogP contribution is 2.30.